The van der Waals surface area contributed by atoms with Crippen molar-refractivity contribution in [3.63, 3.8) is 0 Å². The van der Waals surface area contributed by atoms with Crippen LogP contribution in [0.4, 0.5) is 0 Å². The van der Waals surface area contributed by atoms with Crippen LogP contribution in [0.25, 0.3) is 0 Å². The van der Waals surface area contributed by atoms with Crippen molar-refractivity contribution in [1.29, 1.82) is 0 Å². The molecule has 1 aromatic rings. The van der Waals surface area contributed by atoms with Gasteiger partial charge in [-0.25, -0.2) is 0 Å². The van der Waals surface area contributed by atoms with E-state index in [0.717, 1.165) is 30.6 Å². The van der Waals surface area contributed by atoms with E-state index in [-0.39, 0.29) is 17.2 Å². The van der Waals surface area contributed by atoms with Crippen LogP contribution in [0.2, 0.25) is 0 Å². The second-order valence-corrected chi connectivity index (χ2v) is 6.37. The standard InChI is InChI=1S/C18H25NO4/c1-21-16-5-3-2-4-15(16)18(7-10-22-11-8-18)13-19-17(20)14-6-9-23-12-14/h2-5,14H,6-13H2,1H3,(H,19,20). The first kappa shape index (κ1) is 16.3. The van der Waals surface area contributed by atoms with Crippen molar-refractivity contribution in [2.45, 2.75) is 24.7 Å². The highest BCUT2D eigenvalue weighted by atomic mass is 16.5. The number of carbonyl (C=O) groups is 1. The molecule has 0 spiro atoms. The molecule has 2 aliphatic rings. The topological polar surface area (TPSA) is 56.8 Å². The van der Waals surface area contributed by atoms with Gasteiger partial charge in [0.25, 0.3) is 0 Å². The van der Waals surface area contributed by atoms with Crippen LogP contribution in [0.5, 0.6) is 5.75 Å². The molecular weight excluding hydrogens is 294 g/mol. The van der Waals surface area contributed by atoms with Crippen LogP contribution in [-0.2, 0) is 19.7 Å². The van der Waals surface area contributed by atoms with Gasteiger partial charge in [0.1, 0.15) is 5.75 Å². The summed E-state index contributed by atoms with van der Waals surface area (Å²) in [6, 6.07) is 8.10. The molecule has 5 heteroatoms. The quantitative estimate of drug-likeness (QED) is 0.900. The van der Waals surface area contributed by atoms with Crippen molar-refractivity contribution in [3.8, 4) is 5.75 Å². The zero-order valence-electron chi connectivity index (χ0n) is 13.7. The molecule has 1 atom stereocenters. The van der Waals surface area contributed by atoms with Crippen molar-refractivity contribution in [1.82, 2.24) is 5.32 Å². The van der Waals surface area contributed by atoms with E-state index in [2.05, 4.69) is 11.4 Å². The molecule has 3 rings (SSSR count). The Morgan fingerprint density at radius 2 is 2.04 bits per heavy atom. The van der Waals surface area contributed by atoms with Gasteiger partial charge < -0.3 is 19.5 Å². The van der Waals surface area contributed by atoms with Crippen molar-refractivity contribution < 1.29 is 19.0 Å². The van der Waals surface area contributed by atoms with E-state index in [0.29, 0.717) is 33.0 Å². The van der Waals surface area contributed by atoms with E-state index >= 15 is 0 Å². The van der Waals surface area contributed by atoms with Crippen LogP contribution in [0.15, 0.2) is 24.3 Å². The molecule has 1 amide bonds. The second-order valence-electron chi connectivity index (χ2n) is 6.37. The Morgan fingerprint density at radius 3 is 2.74 bits per heavy atom. The Labute approximate surface area is 137 Å². The van der Waals surface area contributed by atoms with E-state index < -0.39 is 0 Å². The van der Waals surface area contributed by atoms with Crippen LogP contribution >= 0.6 is 0 Å². The Bertz CT molecular complexity index is 534. The molecule has 126 valence electrons. The van der Waals surface area contributed by atoms with Crippen LogP contribution in [0.3, 0.4) is 0 Å². The summed E-state index contributed by atoms with van der Waals surface area (Å²) in [4.78, 5) is 12.4. The normalized spacial score (nSPS) is 23.4. The lowest BCUT2D eigenvalue weighted by atomic mass is 9.73. The van der Waals surface area contributed by atoms with Gasteiger partial charge in [-0.05, 0) is 25.3 Å². The molecular formula is C18H25NO4. The summed E-state index contributed by atoms with van der Waals surface area (Å²) < 4.78 is 16.4. The van der Waals surface area contributed by atoms with Crippen LogP contribution < -0.4 is 10.1 Å². The van der Waals surface area contributed by atoms with Crippen molar-refractivity contribution in [3.05, 3.63) is 29.8 Å². The van der Waals surface area contributed by atoms with Gasteiger partial charge in [0.05, 0.1) is 19.6 Å². The van der Waals surface area contributed by atoms with E-state index in [1.54, 1.807) is 7.11 Å². The highest BCUT2D eigenvalue weighted by molar-refractivity contribution is 5.79. The summed E-state index contributed by atoms with van der Waals surface area (Å²) in [7, 11) is 1.69. The van der Waals surface area contributed by atoms with Gasteiger partial charge >= 0.3 is 0 Å². The van der Waals surface area contributed by atoms with E-state index in [1.165, 1.54) is 0 Å². The molecule has 1 aromatic carbocycles. The third-order valence-electron chi connectivity index (χ3n) is 5.03. The summed E-state index contributed by atoms with van der Waals surface area (Å²) in [6.07, 6.45) is 2.58. The van der Waals surface area contributed by atoms with Crippen molar-refractivity contribution in [2.75, 3.05) is 40.1 Å². The van der Waals surface area contributed by atoms with Gasteiger partial charge in [0, 0.05) is 37.3 Å². The Morgan fingerprint density at radius 1 is 1.26 bits per heavy atom. The zero-order chi connectivity index (χ0) is 16.1. The first-order valence-corrected chi connectivity index (χ1v) is 8.32. The predicted molar refractivity (Wildman–Crippen MR) is 86.7 cm³/mol. The minimum atomic E-state index is -0.125. The first-order chi connectivity index (χ1) is 11.2. The summed E-state index contributed by atoms with van der Waals surface area (Å²) in [5, 5.41) is 3.15. The average Bonchev–Trinajstić information content (AvgIpc) is 3.15. The summed E-state index contributed by atoms with van der Waals surface area (Å²) in [5.74, 6) is 0.973. The summed E-state index contributed by atoms with van der Waals surface area (Å²) >= 11 is 0. The van der Waals surface area contributed by atoms with Gasteiger partial charge in [-0.1, -0.05) is 18.2 Å². The minimum Gasteiger partial charge on any atom is -0.496 e. The van der Waals surface area contributed by atoms with Gasteiger partial charge in [0.15, 0.2) is 0 Å². The number of hydrogen-bond donors (Lipinski definition) is 1. The number of carbonyl (C=O) groups excluding carboxylic acids is 1. The smallest absolute Gasteiger partial charge is 0.225 e. The Balaban J connectivity index is 1.77. The largest absolute Gasteiger partial charge is 0.496 e. The second kappa shape index (κ2) is 7.32. The highest BCUT2D eigenvalue weighted by Crippen LogP contribution is 2.39. The number of amides is 1. The number of benzene rings is 1. The fraction of sp³-hybridized carbons (Fsp3) is 0.611. The number of hydrogen-bond acceptors (Lipinski definition) is 4. The monoisotopic (exact) mass is 319 g/mol. The zero-order valence-corrected chi connectivity index (χ0v) is 13.7. The van der Waals surface area contributed by atoms with Crippen molar-refractivity contribution in [2.24, 2.45) is 5.92 Å². The SMILES string of the molecule is COc1ccccc1C1(CNC(=O)C2CCOC2)CCOCC1. The van der Waals surface area contributed by atoms with Gasteiger partial charge in [0.2, 0.25) is 5.91 Å². The van der Waals surface area contributed by atoms with E-state index in [9.17, 15) is 4.79 Å². The fourth-order valence-corrected chi connectivity index (χ4v) is 3.53. The lowest BCUT2D eigenvalue weighted by molar-refractivity contribution is -0.125. The third-order valence-corrected chi connectivity index (χ3v) is 5.03. The van der Waals surface area contributed by atoms with E-state index in [4.69, 9.17) is 14.2 Å². The molecule has 0 aromatic heterocycles. The number of ether oxygens (including phenoxy) is 3. The maximum Gasteiger partial charge on any atom is 0.225 e. The fourth-order valence-electron chi connectivity index (χ4n) is 3.53. The number of rotatable bonds is 5. The molecule has 23 heavy (non-hydrogen) atoms. The molecule has 0 bridgehead atoms. The van der Waals surface area contributed by atoms with Crippen LogP contribution in [-0.4, -0.2) is 46.0 Å². The molecule has 2 saturated heterocycles. The Kier molecular flexibility index (Phi) is 5.18. The first-order valence-electron chi connectivity index (χ1n) is 8.32. The maximum atomic E-state index is 12.4. The molecule has 5 nitrogen and oxygen atoms in total. The van der Waals surface area contributed by atoms with Gasteiger partial charge in [-0.3, -0.25) is 4.79 Å². The molecule has 0 aliphatic carbocycles. The number of methoxy groups -OCH3 is 1. The van der Waals surface area contributed by atoms with E-state index in [1.807, 2.05) is 18.2 Å². The Hall–Kier alpha value is -1.59. The lowest BCUT2D eigenvalue weighted by Crippen LogP contribution is -2.46. The van der Waals surface area contributed by atoms with Crippen LogP contribution in [0, 0.1) is 5.92 Å². The molecule has 2 aliphatic heterocycles. The molecule has 2 fully saturated rings. The maximum absolute atomic E-state index is 12.4. The third kappa shape index (κ3) is 3.51. The summed E-state index contributed by atoms with van der Waals surface area (Å²) in [5.41, 5.74) is 1.04. The molecule has 1 unspecified atom stereocenters. The summed E-state index contributed by atoms with van der Waals surface area (Å²) in [6.45, 7) is 3.26. The minimum absolute atomic E-state index is 0.00967. The molecule has 0 radical (unpaired) electrons. The molecule has 2 heterocycles. The average molecular weight is 319 g/mol. The van der Waals surface area contributed by atoms with Crippen LogP contribution in [0.1, 0.15) is 24.8 Å². The van der Waals surface area contributed by atoms with Crippen molar-refractivity contribution >= 4 is 5.91 Å². The lowest BCUT2D eigenvalue weighted by Gasteiger charge is -2.38. The molecule has 1 N–H and O–H groups in total. The highest BCUT2D eigenvalue weighted by Gasteiger charge is 2.37. The van der Waals surface area contributed by atoms with Gasteiger partial charge in [-0.15, -0.1) is 0 Å². The number of para-hydroxylation sites is 1. The molecule has 0 saturated carbocycles. The number of nitrogens with one attached hydrogen (secondary N) is 1. The predicted octanol–water partition coefficient (Wildman–Crippen LogP) is 1.90. The van der Waals surface area contributed by atoms with Gasteiger partial charge in [-0.2, -0.15) is 0 Å².